The minimum Gasteiger partial charge on any atom is -0.486 e. The van der Waals surface area contributed by atoms with Crippen LogP contribution in [-0.4, -0.2) is 30.2 Å². The number of carbonyl (C=O) groups excluding carboxylic acids is 1. The second-order valence-corrected chi connectivity index (χ2v) is 5.87. The van der Waals surface area contributed by atoms with Gasteiger partial charge in [-0.25, -0.2) is 0 Å². The van der Waals surface area contributed by atoms with E-state index in [0.29, 0.717) is 44.1 Å². The summed E-state index contributed by atoms with van der Waals surface area (Å²) in [5.74, 6) is 0.296. The van der Waals surface area contributed by atoms with Crippen LogP contribution >= 0.6 is 0 Å². The summed E-state index contributed by atoms with van der Waals surface area (Å²) in [4.78, 5) is 23.3. The Balaban J connectivity index is 1.56. The van der Waals surface area contributed by atoms with Gasteiger partial charge in [-0.3, -0.25) is 9.59 Å². The quantitative estimate of drug-likeness (QED) is 0.865. The van der Waals surface area contributed by atoms with Gasteiger partial charge in [-0.05, 0) is 30.5 Å². The highest BCUT2D eigenvalue weighted by molar-refractivity contribution is 5.85. The van der Waals surface area contributed by atoms with E-state index in [1.54, 1.807) is 0 Å². The molecule has 1 aromatic carbocycles. The fourth-order valence-corrected chi connectivity index (χ4v) is 2.84. The molecule has 22 heavy (non-hydrogen) atoms. The summed E-state index contributed by atoms with van der Waals surface area (Å²) in [6.07, 6.45) is 2.09. The van der Waals surface area contributed by atoms with Crippen molar-refractivity contribution in [2.24, 2.45) is 5.41 Å². The zero-order chi connectivity index (χ0) is 15.6. The third-order valence-corrected chi connectivity index (χ3v) is 4.36. The van der Waals surface area contributed by atoms with Crippen molar-refractivity contribution in [3.8, 4) is 11.5 Å². The molecule has 0 spiro atoms. The Morgan fingerprint density at radius 1 is 1.18 bits per heavy atom. The van der Waals surface area contributed by atoms with Crippen LogP contribution in [0.5, 0.6) is 11.5 Å². The fourth-order valence-electron chi connectivity index (χ4n) is 2.84. The highest BCUT2D eigenvalue weighted by Gasteiger charge is 2.45. The van der Waals surface area contributed by atoms with Gasteiger partial charge >= 0.3 is 5.97 Å². The van der Waals surface area contributed by atoms with E-state index in [4.69, 9.17) is 9.47 Å². The number of hydrogen-bond acceptors (Lipinski definition) is 4. The van der Waals surface area contributed by atoms with Gasteiger partial charge in [0.2, 0.25) is 5.91 Å². The first-order valence-electron chi connectivity index (χ1n) is 7.48. The molecule has 1 saturated carbocycles. The van der Waals surface area contributed by atoms with Crippen LogP contribution < -0.4 is 14.8 Å². The number of amides is 1. The number of ether oxygens (including phenoxy) is 2. The average Bonchev–Trinajstić information content (AvgIpc) is 2.48. The van der Waals surface area contributed by atoms with Crippen molar-refractivity contribution in [2.45, 2.75) is 32.2 Å². The number of aliphatic carboxylic acids is 1. The summed E-state index contributed by atoms with van der Waals surface area (Å²) in [6.45, 7) is 1.41. The molecular formula is C16H19NO5. The first-order chi connectivity index (χ1) is 10.6. The SMILES string of the molecule is O=C(CC1(C(=O)O)CCC1)NCc1ccc2c(c1)OCCO2. The lowest BCUT2D eigenvalue weighted by atomic mass is 9.66. The van der Waals surface area contributed by atoms with Crippen molar-refractivity contribution in [1.82, 2.24) is 5.32 Å². The second kappa shape index (κ2) is 5.87. The molecule has 2 aliphatic rings. The highest BCUT2D eigenvalue weighted by atomic mass is 16.6. The number of carboxylic acids is 1. The molecule has 0 atom stereocenters. The average molecular weight is 305 g/mol. The van der Waals surface area contributed by atoms with Crippen molar-refractivity contribution in [2.75, 3.05) is 13.2 Å². The Morgan fingerprint density at radius 3 is 2.55 bits per heavy atom. The number of benzene rings is 1. The van der Waals surface area contributed by atoms with E-state index in [0.717, 1.165) is 12.0 Å². The van der Waals surface area contributed by atoms with Gasteiger partial charge in [0.1, 0.15) is 13.2 Å². The molecule has 1 fully saturated rings. The van der Waals surface area contributed by atoms with Crippen LogP contribution in [-0.2, 0) is 16.1 Å². The normalized spacial score (nSPS) is 18.2. The number of carbonyl (C=O) groups is 2. The summed E-state index contributed by atoms with van der Waals surface area (Å²) >= 11 is 0. The summed E-state index contributed by atoms with van der Waals surface area (Å²) < 4.78 is 10.9. The molecule has 3 rings (SSSR count). The monoisotopic (exact) mass is 305 g/mol. The Bertz CT molecular complexity index is 594. The maximum Gasteiger partial charge on any atom is 0.310 e. The molecule has 1 aromatic rings. The van der Waals surface area contributed by atoms with E-state index in [2.05, 4.69) is 5.32 Å². The lowest BCUT2D eigenvalue weighted by molar-refractivity contribution is -0.157. The number of rotatable bonds is 5. The van der Waals surface area contributed by atoms with E-state index in [1.165, 1.54) is 0 Å². The molecule has 6 nitrogen and oxygen atoms in total. The maximum atomic E-state index is 12.0. The summed E-state index contributed by atoms with van der Waals surface area (Å²) in [5, 5.41) is 12.0. The van der Waals surface area contributed by atoms with Gasteiger partial charge in [0.25, 0.3) is 0 Å². The van der Waals surface area contributed by atoms with Crippen molar-refractivity contribution in [3.05, 3.63) is 23.8 Å². The molecule has 0 bridgehead atoms. The predicted octanol–water partition coefficient (Wildman–Crippen LogP) is 1.72. The molecule has 2 N–H and O–H groups in total. The van der Waals surface area contributed by atoms with Gasteiger partial charge in [0, 0.05) is 13.0 Å². The van der Waals surface area contributed by atoms with E-state index < -0.39 is 11.4 Å². The first-order valence-corrected chi connectivity index (χ1v) is 7.48. The molecule has 1 heterocycles. The molecule has 6 heteroatoms. The smallest absolute Gasteiger partial charge is 0.310 e. The molecule has 118 valence electrons. The fraction of sp³-hybridized carbons (Fsp3) is 0.500. The van der Waals surface area contributed by atoms with Crippen LogP contribution in [0.2, 0.25) is 0 Å². The van der Waals surface area contributed by atoms with Crippen LogP contribution in [0.4, 0.5) is 0 Å². The van der Waals surface area contributed by atoms with Gasteiger partial charge < -0.3 is 19.9 Å². The molecule has 1 amide bonds. The topological polar surface area (TPSA) is 84.9 Å². The third-order valence-electron chi connectivity index (χ3n) is 4.36. The van der Waals surface area contributed by atoms with Gasteiger partial charge in [-0.1, -0.05) is 12.5 Å². The van der Waals surface area contributed by atoms with Gasteiger partial charge in [0.15, 0.2) is 11.5 Å². The Hall–Kier alpha value is -2.24. The van der Waals surface area contributed by atoms with Crippen LogP contribution in [0, 0.1) is 5.41 Å². The van der Waals surface area contributed by atoms with E-state index >= 15 is 0 Å². The molecule has 0 radical (unpaired) electrons. The third kappa shape index (κ3) is 2.86. The van der Waals surface area contributed by atoms with Crippen molar-refractivity contribution < 1.29 is 24.2 Å². The minimum atomic E-state index is -0.867. The molecule has 0 saturated heterocycles. The van der Waals surface area contributed by atoms with Crippen molar-refractivity contribution >= 4 is 11.9 Å². The summed E-state index contributed by atoms with van der Waals surface area (Å²) in [5.41, 5.74) is 0.0484. The van der Waals surface area contributed by atoms with E-state index in [9.17, 15) is 14.7 Å². The summed E-state index contributed by atoms with van der Waals surface area (Å²) in [6, 6.07) is 5.52. The van der Waals surface area contributed by atoms with Crippen LogP contribution in [0.25, 0.3) is 0 Å². The molecular weight excluding hydrogens is 286 g/mol. The Kier molecular flexibility index (Phi) is 3.92. The highest BCUT2D eigenvalue weighted by Crippen LogP contribution is 2.44. The predicted molar refractivity (Wildman–Crippen MR) is 77.8 cm³/mol. The minimum absolute atomic E-state index is 0.0485. The first kappa shape index (κ1) is 14.7. The number of hydrogen-bond donors (Lipinski definition) is 2. The zero-order valence-electron chi connectivity index (χ0n) is 12.3. The van der Waals surface area contributed by atoms with Crippen LogP contribution in [0.1, 0.15) is 31.2 Å². The lowest BCUT2D eigenvalue weighted by Crippen LogP contribution is -2.42. The molecule has 1 aliphatic carbocycles. The molecule has 0 unspecified atom stereocenters. The van der Waals surface area contributed by atoms with E-state index in [1.807, 2.05) is 18.2 Å². The van der Waals surface area contributed by atoms with Crippen molar-refractivity contribution in [1.29, 1.82) is 0 Å². The Labute approximate surface area is 128 Å². The van der Waals surface area contributed by atoms with E-state index in [-0.39, 0.29) is 12.3 Å². The maximum absolute atomic E-state index is 12.0. The molecule has 0 aromatic heterocycles. The van der Waals surface area contributed by atoms with Gasteiger partial charge in [-0.2, -0.15) is 0 Å². The van der Waals surface area contributed by atoms with Gasteiger partial charge in [0.05, 0.1) is 5.41 Å². The summed E-state index contributed by atoms with van der Waals surface area (Å²) in [7, 11) is 0. The molecule has 1 aliphatic heterocycles. The van der Waals surface area contributed by atoms with Crippen LogP contribution in [0.15, 0.2) is 18.2 Å². The largest absolute Gasteiger partial charge is 0.486 e. The van der Waals surface area contributed by atoms with Gasteiger partial charge in [-0.15, -0.1) is 0 Å². The van der Waals surface area contributed by atoms with Crippen LogP contribution in [0.3, 0.4) is 0 Å². The van der Waals surface area contributed by atoms with Crippen molar-refractivity contribution in [3.63, 3.8) is 0 Å². The number of nitrogens with one attached hydrogen (secondary N) is 1. The number of carboxylic acid groups (broad SMARTS) is 1. The zero-order valence-corrected chi connectivity index (χ0v) is 12.3. The second-order valence-electron chi connectivity index (χ2n) is 5.87. The standard InChI is InChI=1S/C16H19NO5/c18-14(9-16(15(19)20)4-1-5-16)17-10-11-2-3-12-13(8-11)22-7-6-21-12/h2-3,8H,1,4-7,9-10H2,(H,17,18)(H,19,20). The number of fused-ring (bicyclic) bond motifs is 1. The lowest BCUT2D eigenvalue weighted by Gasteiger charge is -2.36. The Morgan fingerprint density at radius 2 is 1.91 bits per heavy atom.